The molecule has 0 aromatic rings. The fourth-order valence-electron chi connectivity index (χ4n) is 2.22. The van der Waals surface area contributed by atoms with E-state index < -0.39 is 11.1 Å². The maximum Gasteiger partial charge on any atom is 0.302 e. The Balaban J connectivity index is 2.78. The lowest BCUT2D eigenvalue weighted by Crippen LogP contribution is -2.44. The van der Waals surface area contributed by atoms with Crippen LogP contribution in [0.25, 0.3) is 0 Å². The van der Waals surface area contributed by atoms with Crippen molar-refractivity contribution in [2.75, 3.05) is 6.61 Å². The van der Waals surface area contributed by atoms with Gasteiger partial charge in [0.25, 0.3) is 0 Å². The first-order valence-corrected chi connectivity index (χ1v) is 5.20. The van der Waals surface area contributed by atoms with Crippen molar-refractivity contribution < 1.29 is 14.3 Å². The second-order valence-corrected chi connectivity index (χ2v) is 5.49. The van der Waals surface area contributed by atoms with Crippen LogP contribution < -0.4 is 0 Å². The molecule has 0 saturated carbocycles. The van der Waals surface area contributed by atoms with Crippen LogP contribution in [0, 0.1) is 5.41 Å². The maximum absolute atomic E-state index is 10.8. The van der Waals surface area contributed by atoms with Gasteiger partial charge in [0.1, 0.15) is 20.1 Å². The second kappa shape index (κ2) is 3.51. The summed E-state index contributed by atoms with van der Waals surface area (Å²) in [5.41, 5.74) is -1.26. The zero-order valence-corrected chi connectivity index (χ0v) is 10.2. The molecule has 0 bridgehead atoms. The predicted molar refractivity (Wildman–Crippen MR) is 58.7 cm³/mol. The van der Waals surface area contributed by atoms with Crippen molar-refractivity contribution in [3.05, 3.63) is 0 Å². The Labute approximate surface area is 92.9 Å². The molecule has 3 nitrogen and oxygen atoms in total. The minimum atomic E-state index is -0.640. The van der Waals surface area contributed by atoms with Crippen LogP contribution in [0.15, 0.2) is 0 Å². The highest BCUT2D eigenvalue weighted by Crippen LogP contribution is 2.49. The topological polar surface area (TPSA) is 35.5 Å². The van der Waals surface area contributed by atoms with E-state index in [4.69, 9.17) is 17.3 Å². The number of carbonyl (C=O) groups is 1. The van der Waals surface area contributed by atoms with Crippen LogP contribution in [-0.2, 0) is 14.3 Å². The van der Waals surface area contributed by atoms with E-state index in [-0.39, 0.29) is 18.0 Å². The van der Waals surface area contributed by atoms with Gasteiger partial charge in [-0.15, -0.1) is 0 Å². The molecule has 4 heteroatoms. The fourth-order valence-corrected chi connectivity index (χ4v) is 2.22. The summed E-state index contributed by atoms with van der Waals surface area (Å²) in [7, 11) is 5.97. The summed E-state index contributed by atoms with van der Waals surface area (Å²) in [6, 6.07) is 0. The second-order valence-electron chi connectivity index (χ2n) is 5.49. The summed E-state index contributed by atoms with van der Waals surface area (Å²) < 4.78 is 10.8. The van der Waals surface area contributed by atoms with Crippen LogP contribution in [0.3, 0.4) is 0 Å². The SMILES string of the molecule is [B]C1(C)CC(C)(C)C(C)(COC(C)=O)O1. The molecule has 1 aliphatic rings. The Kier molecular flexibility index (Phi) is 2.94. The lowest BCUT2D eigenvalue weighted by Gasteiger charge is -2.36. The van der Waals surface area contributed by atoms with E-state index in [9.17, 15) is 4.79 Å². The average molecular weight is 210 g/mol. The van der Waals surface area contributed by atoms with Gasteiger partial charge in [-0.3, -0.25) is 4.79 Å². The van der Waals surface area contributed by atoms with E-state index in [0.29, 0.717) is 0 Å². The minimum Gasteiger partial charge on any atom is -0.463 e. The molecular formula is C11H19BO3. The van der Waals surface area contributed by atoms with E-state index in [0.717, 1.165) is 6.42 Å². The quantitative estimate of drug-likeness (QED) is 0.513. The molecule has 2 radical (unpaired) electrons. The molecule has 0 amide bonds. The van der Waals surface area contributed by atoms with Gasteiger partial charge in [0, 0.05) is 12.4 Å². The number of rotatable bonds is 2. The maximum atomic E-state index is 10.8. The summed E-state index contributed by atoms with van der Waals surface area (Å²) in [4.78, 5) is 10.8. The van der Waals surface area contributed by atoms with Gasteiger partial charge in [-0.25, -0.2) is 0 Å². The van der Waals surface area contributed by atoms with Gasteiger partial charge >= 0.3 is 5.97 Å². The number of hydrogen-bond donors (Lipinski definition) is 0. The molecule has 1 heterocycles. The van der Waals surface area contributed by atoms with Crippen molar-refractivity contribution >= 4 is 13.8 Å². The van der Waals surface area contributed by atoms with Gasteiger partial charge in [-0.2, -0.15) is 0 Å². The molecule has 1 saturated heterocycles. The Bertz CT molecular complexity index is 273. The summed E-state index contributed by atoms with van der Waals surface area (Å²) in [6.07, 6.45) is 0.748. The molecule has 1 fully saturated rings. The molecule has 0 aromatic carbocycles. The molecule has 1 aliphatic heterocycles. The summed E-state index contributed by atoms with van der Waals surface area (Å²) in [6.45, 7) is 9.60. The van der Waals surface area contributed by atoms with Crippen LogP contribution in [0.2, 0.25) is 0 Å². The van der Waals surface area contributed by atoms with Crippen molar-refractivity contribution in [1.29, 1.82) is 0 Å². The fraction of sp³-hybridized carbons (Fsp3) is 0.909. The highest BCUT2D eigenvalue weighted by atomic mass is 16.6. The minimum absolute atomic E-state index is 0.105. The van der Waals surface area contributed by atoms with E-state index in [1.54, 1.807) is 0 Å². The van der Waals surface area contributed by atoms with Gasteiger partial charge in [-0.1, -0.05) is 13.8 Å². The first-order valence-electron chi connectivity index (χ1n) is 5.20. The van der Waals surface area contributed by atoms with Crippen LogP contribution >= 0.6 is 0 Å². The summed E-state index contributed by atoms with van der Waals surface area (Å²) in [5.74, 6) is -0.291. The first kappa shape index (κ1) is 12.6. The molecule has 2 unspecified atom stereocenters. The molecule has 2 atom stereocenters. The monoisotopic (exact) mass is 210 g/mol. The average Bonchev–Trinajstić information content (AvgIpc) is 2.12. The third-order valence-corrected chi connectivity index (χ3v) is 3.23. The van der Waals surface area contributed by atoms with Crippen LogP contribution in [0.4, 0.5) is 0 Å². The van der Waals surface area contributed by atoms with Crippen LogP contribution in [-0.4, -0.2) is 31.5 Å². The van der Waals surface area contributed by atoms with Gasteiger partial charge in [0.05, 0.1) is 0 Å². The van der Waals surface area contributed by atoms with Crippen LogP contribution in [0.1, 0.15) is 41.0 Å². The van der Waals surface area contributed by atoms with E-state index in [2.05, 4.69) is 13.8 Å². The van der Waals surface area contributed by atoms with Crippen molar-refractivity contribution in [2.45, 2.75) is 52.1 Å². The van der Waals surface area contributed by atoms with Crippen molar-refractivity contribution in [3.8, 4) is 0 Å². The Morgan fingerprint density at radius 1 is 1.40 bits per heavy atom. The zero-order chi connectivity index (χ0) is 11.9. The molecule has 15 heavy (non-hydrogen) atoms. The highest BCUT2D eigenvalue weighted by Gasteiger charge is 2.54. The number of ether oxygens (including phenoxy) is 2. The largest absolute Gasteiger partial charge is 0.463 e. The van der Waals surface area contributed by atoms with Gasteiger partial charge in [0.2, 0.25) is 0 Å². The molecule has 0 N–H and O–H groups in total. The molecule has 0 spiro atoms. The van der Waals surface area contributed by atoms with Crippen molar-refractivity contribution in [1.82, 2.24) is 0 Å². The Morgan fingerprint density at radius 3 is 2.27 bits per heavy atom. The molecule has 84 valence electrons. The normalized spacial score (nSPS) is 39.0. The standard InChI is InChI=1S/C11H19BO3/c1-8(13)14-7-10(4)9(2,3)6-11(5,12)15-10/h6-7H2,1-5H3. The lowest BCUT2D eigenvalue weighted by atomic mass is 9.69. The highest BCUT2D eigenvalue weighted by molar-refractivity contribution is 6.14. The van der Waals surface area contributed by atoms with Gasteiger partial charge in [0.15, 0.2) is 0 Å². The van der Waals surface area contributed by atoms with E-state index >= 15 is 0 Å². The lowest BCUT2D eigenvalue weighted by molar-refractivity contribution is -0.158. The van der Waals surface area contributed by atoms with Crippen molar-refractivity contribution in [3.63, 3.8) is 0 Å². The van der Waals surface area contributed by atoms with E-state index in [1.165, 1.54) is 6.92 Å². The molecule has 0 aromatic heterocycles. The van der Waals surface area contributed by atoms with Gasteiger partial charge in [-0.05, 0) is 25.7 Å². The number of carbonyl (C=O) groups excluding carboxylic acids is 1. The summed E-state index contributed by atoms with van der Waals surface area (Å²) in [5, 5.41) is 0. The van der Waals surface area contributed by atoms with E-state index in [1.807, 2.05) is 13.8 Å². The zero-order valence-electron chi connectivity index (χ0n) is 10.2. The predicted octanol–water partition coefficient (Wildman–Crippen LogP) is 1.64. The van der Waals surface area contributed by atoms with Gasteiger partial charge < -0.3 is 9.47 Å². The first-order chi connectivity index (χ1) is 6.58. The molecule has 1 rings (SSSR count). The molecular weight excluding hydrogens is 191 g/mol. The third kappa shape index (κ3) is 2.54. The van der Waals surface area contributed by atoms with Crippen molar-refractivity contribution in [2.24, 2.45) is 5.41 Å². The Hall–Kier alpha value is -0.505. The third-order valence-electron chi connectivity index (χ3n) is 3.23. The summed E-state index contributed by atoms with van der Waals surface area (Å²) >= 11 is 0. The number of esters is 1. The molecule has 0 aliphatic carbocycles. The Morgan fingerprint density at radius 2 is 1.93 bits per heavy atom. The number of hydrogen-bond acceptors (Lipinski definition) is 3. The van der Waals surface area contributed by atoms with Crippen LogP contribution in [0.5, 0.6) is 0 Å². The smallest absolute Gasteiger partial charge is 0.302 e.